The number of nitrogens with one attached hydrogen (secondary N) is 3. The van der Waals surface area contributed by atoms with Gasteiger partial charge in [0.05, 0.1) is 0 Å². The highest BCUT2D eigenvalue weighted by molar-refractivity contribution is 5.89. The summed E-state index contributed by atoms with van der Waals surface area (Å²) in [4.78, 5) is 26.0. The zero-order valence-electron chi connectivity index (χ0n) is 14.7. The maximum Gasteiger partial charge on any atom is 0.321 e. The Kier molecular flexibility index (Phi) is 6.09. The Labute approximate surface area is 153 Å². The largest absolute Gasteiger partial charge is 0.338 e. The monoisotopic (exact) mass is 352 g/mol. The fraction of sp³-hybridized carbons (Fsp3) is 0.300. The summed E-state index contributed by atoms with van der Waals surface area (Å²) in [5.41, 5.74) is 1.58. The van der Waals surface area contributed by atoms with Gasteiger partial charge in [0, 0.05) is 31.0 Å². The standard InChI is InChI=1S/C20H24N4O2/c25-19(22-17-7-3-1-4-8-17)21-15-16-11-13-24(14-12-16)20(26)23-18-9-5-2-6-10-18/h1-10,16H,11-15H2,(H,23,26)(H2,21,22,25). The van der Waals surface area contributed by atoms with E-state index in [0.29, 0.717) is 25.6 Å². The SMILES string of the molecule is O=C(NCC1CCN(C(=O)Nc2ccccc2)CC1)Nc1ccccc1. The molecule has 0 unspecified atom stereocenters. The number of carbonyl (C=O) groups excluding carboxylic acids is 2. The summed E-state index contributed by atoms with van der Waals surface area (Å²) in [5.74, 6) is 0.386. The van der Waals surface area contributed by atoms with Crippen molar-refractivity contribution in [3.63, 3.8) is 0 Å². The highest BCUT2D eigenvalue weighted by atomic mass is 16.2. The highest BCUT2D eigenvalue weighted by Gasteiger charge is 2.23. The van der Waals surface area contributed by atoms with Gasteiger partial charge in [-0.2, -0.15) is 0 Å². The van der Waals surface area contributed by atoms with Crippen LogP contribution in [0.25, 0.3) is 0 Å². The van der Waals surface area contributed by atoms with Gasteiger partial charge in [0.2, 0.25) is 0 Å². The number of benzene rings is 2. The molecular weight excluding hydrogens is 328 g/mol. The molecule has 6 nitrogen and oxygen atoms in total. The fourth-order valence-electron chi connectivity index (χ4n) is 3.00. The normalized spacial score (nSPS) is 14.5. The van der Waals surface area contributed by atoms with Crippen molar-refractivity contribution in [1.29, 1.82) is 0 Å². The first-order valence-corrected chi connectivity index (χ1v) is 8.91. The van der Waals surface area contributed by atoms with Crippen LogP contribution in [0.15, 0.2) is 60.7 Å². The maximum atomic E-state index is 12.3. The number of nitrogens with zero attached hydrogens (tertiary/aromatic N) is 1. The number of anilines is 2. The Morgan fingerprint density at radius 2 is 1.38 bits per heavy atom. The van der Waals surface area contributed by atoms with Gasteiger partial charge in [0.15, 0.2) is 0 Å². The van der Waals surface area contributed by atoms with Gasteiger partial charge in [0.25, 0.3) is 0 Å². The van der Waals surface area contributed by atoms with Gasteiger partial charge in [-0.1, -0.05) is 36.4 Å². The Hall–Kier alpha value is -3.02. The predicted octanol–water partition coefficient (Wildman–Crippen LogP) is 3.75. The molecule has 0 aromatic heterocycles. The molecule has 1 aliphatic rings. The molecule has 0 saturated carbocycles. The molecule has 26 heavy (non-hydrogen) atoms. The lowest BCUT2D eigenvalue weighted by Gasteiger charge is -2.32. The number of likely N-dealkylation sites (tertiary alicyclic amines) is 1. The second-order valence-corrected chi connectivity index (χ2v) is 6.43. The summed E-state index contributed by atoms with van der Waals surface area (Å²) in [7, 11) is 0. The van der Waals surface area contributed by atoms with Crippen LogP contribution in [-0.2, 0) is 0 Å². The zero-order chi connectivity index (χ0) is 18.2. The average Bonchev–Trinajstić information content (AvgIpc) is 2.68. The van der Waals surface area contributed by atoms with Crippen molar-refractivity contribution in [3.8, 4) is 0 Å². The van der Waals surface area contributed by atoms with Crippen molar-refractivity contribution < 1.29 is 9.59 Å². The summed E-state index contributed by atoms with van der Waals surface area (Å²) in [6, 6.07) is 18.6. The number of rotatable bonds is 4. The Bertz CT molecular complexity index is 713. The lowest BCUT2D eigenvalue weighted by atomic mass is 9.97. The van der Waals surface area contributed by atoms with Crippen molar-refractivity contribution in [3.05, 3.63) is 60.7 Å². The number of hydrogen-bond acceptors (Lipinski definition) is 2. The quantitative estimate of drug-likeness (QED) is 0.784. The summed E-state index contributed by atoms with van der Waals surface area (Å²) < 4.78 is 0. The average molecular weight is 352 g/mol. The van der Waals surface area contributed by atoms with Gasteiger partial charge in [-0.05, 0) is 43.0 Å². The van der Waals surface area contributed by atoms with Crippen LogP contribution in [0.1, 0.15) is 12.8 Å². The fourth-order valence-corrected chi connectivity index (χ4v) is 3.00. The molecule has 0 radical (unpaired) electrons. The van der Waals surface area contributed by atoms with E-state index in [9.17, 15) is 9.59 Å². The summed E-state index contributed by atoms with van der Waals surface area (Å²) in [6.45, 7) is 2.02. The molecule has 0 atom stereocenters. The van der Waals surface area contributed by atoms with Crippen LogP contribution < -0.4 is 16.0 Å². The molecule has 0 bridgehead atoms. The van der Waals surface area contributed by atoms with Gasteiger partial charge in [0.1, 0.15) is 0 Å². The number of urea groups is 2. The third-order valence-corrected chi connectivity index (χ3v) is 4.51. The van der Waals surface area contributed by atoms with Crippen molar-refractivity contribution in [2.24, 2.45) is 5.92 Å². The third kappa shape index (κ3) is 5.24. The van der Waals surface area contributed by atoms with Crippen LogP contribution >= 0.6 is 0 Å². The summed E-state index contributed by atoms with van der Waals surface area (Å²) >= 11 is 0. The van der Waals surface area contributed by atoms with E-state index in [1.807, 2.05) is 65.6 Å². The zero-order valence-corrected chi connectivity index (χ0v) is 14.7. The molecule has 1 fully saturated rings. The van der Waals surface area contributed by atoms with E-state index < -0.39 is 0 Å². The van der Waals surface area contributed by atoms with Crippen molar-refractivity contribution in [2.45, 2.75) is 12.8 Å². The minimum atomic E-state index is -0.194. The predicted molar refractivity (Wildman–Crippen MR) is 103 cm³/mol. The molecule has 0 spiro atoms. The molecule has 6 heteroatoms. The Morgan fingerprint density at radius 1 is 0.846 bits per heavy atom. The summed E-state index contributed by atoms with van der Waals surface area (Å²) in [5, 5.41) is 8.64. The first-order chi connectivity index (χ1) is 12.7. The number of amides is 4. The van der Waals surface area contributed by atoms with E-state index in [-0.39, 0.29) is 12.1 Å². The minimum absolute atomic E-state index is 0.0653. The summed E-state index contributed by atoms with van der Waals surface area (Å²) in [6.07, 6.45) is 1.77. The Balaban J connectivity index is 1.37. The molecule has 4 amide bonds. The maximum absolute atomic E-state index is 12.3. The van der Waals surface area contributed by atoms with Crippen LogP contribution in [-0.4, -0.2) is 36.6 Å². The van der Waals surface area contributed by atoms with E-state index in [4.69, 9.17) is 0 Å². The first-order valence-electron chi connectivity index (χ1n) is 8.91. The second-order valence-electron chi connectivity index (χ2n) is 6.43. The molecule has 3 rings (SSSR count). The Morgan fingerprint density at radius 3 is 1.96 bits per heavy atom. The molecule has 1 saturated heterocycles. The van der Waals surface area contributed by atoms with Crippen LogP contribution in [0.4, 0.5) is 21.0 Å². The lowest BCUT2D eigenvalue weighted by Crippen LogP contribution is -2.43. The topological polar surface area (TPSA) is 73.5 Å². The van der Waals surface area contributed by atoms with Crippen LogP contribution in [0.3, 0.4) is 0 Å². The molecule has 2 aromatic rings. The van der Waals surface area contributed by atoms with Gasteiger partial charge in [-0.15, -0.1) is 0 Å². The molecule has 0 aliphatic carbocycles. The van der Waals surface area contributed by atoms with Crippen molar-refractivity contribution in [1.82, 2.24) is 10.2 Å². The van der Waals surface area contributed by atoms with Gasteiger partial charge in [-0.25, -0.2) is 9.59 Å². The molecule has 136 valence electrons. The first kappa shape index (κ1) is 17.8. The number of para-hydroxylation sites is 2. The van der Waals surface area contributed by atoms with E-state index >= 15 is 0 Å². The highest BCUT2D eigenvalue weighted by Crippen LogP contribution is 2.18. The van der Waals surface area contributed by atoms with Crippen LogP contribution in [0, 0.1) is 5.92 Å². The molecule has 2 aromatic carbocycles. The van der Waals surface area contributed by atoms with E-state index in [1.54, 1.807) is 0 Å². The third-order valence-electron chi connectivity index (χ3n) is 4.51. The minimum Gasteiger partial charge on any atom is -0.338 e. The molecule has 1 heterocycles. The van der Waals surface area contributed by atoms with Gasteiger partial charge < -0.3 is 20.9 Å². The number of carbonyl (C=O) groups is 2. The lowest BCUT2D eigenvalue weighted by molar-refractivity contribution is 0.181. The van der Waals surface area contributed by atoms with Crippen LogP contribution in [0.2, 0.25) is 0 Å². The van der Waals surface area contributed by atoms with E-state index in [2.05, 4.69) is 16.0 Å². The van der Waals surface area contributed by atoms with Crippen molar-refractivity contribution in [2.75, 3.05) is 30.3 Å². The van der Waals surface area contributed by atoms with Crippen LogP contribution in [0.5, 0.6) is 0 Å². The smallest absolute Gasteiger partial charge is 0.321 e. The van der Waals surface area contributed by atoms with Gasteiger partial charge in [-0.3, -0.25) is 0 Å². The van der Waals surface area contributed by atoms with Gasteiger partial charge >= 0.3 is 12.1 Å². The second kappa shape index (κ2) is 8.89. The van der Waals surface area contributed by atoms with E-state index in [0.717, 1.165) is 24.2 Å². The molecular formula is C20H24N4O2. The van der Waals surface area contributed by atoms with E-state index in [1.165, 1.54) is 0 Å². The van der Waals surface area contributed by atoms with Crippen molar-refractivity contribution >= 4 is 23.4 Å². The number of hydrogen-bond donors (Lipinski definition) is 3. The number of piperidine rings is 1. The molecule has 1 aliphatic heterocycles. The molecule has 3 N–H and O–H groups in total.